The number of carboxylic acid groups (broad SMARTS) is 1. The third-order valence-electron chi connectivity index (χ3n) is 2.38. The zero-order chi connectivity index (χ0) is 12.0. The van der Waals surface area contributed by atoms with Gasteiger partial charge in [-0.3, -0.25) is 4.79 Å². The molecule has 0 atom stereocenters. The summed E-state index contributed by atoms with van der Waals surface area (Å²) in [5, 5.41) is 22.4. The van der Waals surface area contributed by atoms with Crippen LogP contribution < -0.4 is 5.56 Å². The number of hydrogen-bond acceptors (Lipinski definition) is 4. The number of aryl methyl sites for hydroxylation is 1. The van der Waals surface area contributed by atoms with Crippen molar-refractivity contribution < 1.29 is 15.0 Å². The Hall–Kier alpha value is -2.31. The minimum Gasteiger partial charge on any atom is -0.493 e. The van der Waals surface area contributed by atoms with Crippen LogP contribution in [0.25, 0.3) is 5.65 Å². The molecule has 0 aliphatic heterocycles. The topological polar surface area (TPSA) is 108 Å². The number of nitrogens with one attached hydrogen (secondary N) is 1. The van der Waals surface area contributed by atoms with E-state index in [2.05, 4.69) is 10.1 Å². The van der Waals surface area contributed by atoms with Crippen LogP contribution in [0.2, 0.25) is 0 Å². The SMILES string of the molecule is Cc1nn2c(O)c(C)c(=O)[nH]c2c1C(=O)O. The van der Waals surface area contributed by atoms with E-state index in [0.717, 1.165) is 4.52 Å². The van der Waals surface area contributed by atoms with Gasteiger partial charge in [0.1, 0.15) is 5.56 Å². The van der Waals surface area contributed by atoms with Gasteiger partial charge in [-0.1, -0.05) is 0 Å². The summed E-state index contributed by atoms with van der Waals surface area (Å²) < 4.78 is 1.01. The molecule has 3 N–H and O–H groups in total. The van der Waals surface area contributed by atoms with Gasteiger partial charge in [-0.2, -0.15) is 9.61 Å². The predicted molar refractivity (Wildman–Crippen MR) is 53.9 cm³/mol. The molecule has 16 heavy (non-hydrogen) atoms. The number of aromatic carboxylic acids is 1. The molecule has 2 heterocycles. The van der Waals surface area contributed by atoms with Crippen LogP contribution in [0.1, 0.15) is 21.6 Å². The second-order valence-corrected chi connectivity index (χ2v) is 3.43. The van der Waals surface area contributed by atoms with Gasteiger partial charge in [0.05, 0.1) is 11.3 Å². The number of H-pyrrole nitrogens is 1. The average molecular weight is 223 g/mol. The van der Waals surface area contributed by atoms with Gasteiger partial charge in [0, 0.05) is 0 Å². The molecule has 0 spiro atoms. The van der Waals surface area contributed by atoms with Gasteiger partial charge in [-0.25, -0.2) is 4.79 Å². The van der Waals surface area contributed by atoms with Gasteiger partial charge < -0.3 is 15.2 Å². The fourth-order valence-corrected chi connectivity index (χ4v) is 1.51. The minimum absolute atomic E-state index is 0.0156. The second-order valence-electron chi connectivity index (χ2n) is 3.43. The van der Waals surface area contributed by atoms with Crippen LogP contribution in [0.3, 0.4) is 0 Å². The van der Waals surface area contributed by atoms with E-state index in [0.29, 0.717) is 0 Å². The Balaban J connectivity index is 3.02. The summed E-state index contributed by atoms with van der Waals surface area (Å²) in [5.74, 6) is -1.55. The Kier molecular flexibility index (Phi) is 1.97. The van der Waals surface area contributed by atoms with Crippen molar-refractivity contribution in [1.29, 1.82) is 0 Å². The molecule has 0 saturated carbocycles. The molecule has 0 saturated heterocycles. The van der Waals surface area contributed by atoms with Crippen LogP contribution in [0.5, 0.6) is 5.88 Å². The van der Waals surface area contributed by atoms with Crippen LogP contribution in [0, 0.1) is 13.8 Å². The van der Waals surface area contributed by atoms with E-state index in [-0.39, 0.29) is 28.3 Å². The van der Waals surface area contributed by atoms with Gasteiger partial charge in [0.2, 0.25) is 5.88 Å². The van der Waals surface area contributed by atoms with Crippen molar-refractivity contribution in [3.05, 3.63) is 27.2 Å². The van der Waals surface area contributed by atoms with Crippen molar-refractivity contribution in [2.75, 3.05) is 0 Å². The molecular formula is C9H9N3O4. The number of rotatable bonds is 1. The van der Waals surface area contributed by atoms with Crippen molar-refractivity contribution >= 4 is 11.6 Å². The van der Waals surface area contributed by atoms with Crippen LogP contribution in [0.4, 0.5) is 0 Å². The second kappa shape index (κ2) is 3.09. The van der Waals surface area contributed by atoms with E-state index in [1.807, 2.05) is 0 Å². The maximum atomic E-state index is 11.4. The van der Waals surface area contributed by atoms with Gasteiger partial charge in [0.25, 0.3) is 5.56 Å². The summed E-state index contributed by atoms with van der Waals surface area (Å²) in [4.78, 5) is 24.7. The van der Waals surface area contributed by atoms with E-state index >= 15 is 0 Å². The first-order chi connectivity index (χ1) is 7.43. The van der Waals surface area contributed by atoms with Crippen LogP contribution in [-0.4, -0.2) is 30.8 Å². The fraction of sp³-hybridized carbons (Fsp3) is 0.222. The summed E-state index contributed by atoms with van der Waals surface area (Å²) in [6.45, 7) is 2.91. The molecule has 2 rings (SSSR count). The number of aromatic amines is 1. The summed E-state index contributed by atoms with van der Waals surface area (Å²) >= 11 is 0. The molecule has 0 aromatic carbocycles. The lowest BCUT2D eigenvalue weighted by Gasteiger charge is -2.00. The molecular weight excluding hydrogens is 214 g/mol. The smallest absolute Gasteiger partial charge is 0.341 e. The third-order valence-corrected chi connectivity index (χ3v) is 2.38. The number of hydrogen-bond donors (Lipinski definition) is 3. The van der Waals surface area contributed by atoms with E-state index in [1.165, 1.54) is 13.8 Å². The molecule has 0 unspecified atom stereocenters. The van der Waals surface area contributed by atoms with E-state index in [4.69, 9.17) is 5.11 Å². The highest BCUT2D eigenvalue weighted by Crippen LogP contribution is 2.18. The van der Waals surface area contributed by atoms with Crippen molar-refractivity contribution in [3.63, 3.8) is 0 Å². The van der Waals surface area contributed by atoms with Crippen molar-refractivity contribution in [2.24, 2.45) is 0 Å². The molecule has 7 heteroatoms. The number of carbonyl (C=O) groups is 1. The summed E-state index contributed by atoms with van der Waals surface area (Å²) in [6, 6.07) is 0. The van der Waals surface area contributed by atoms with Crippen LogP contribution in [0.15, 0.2) is 4.79 Å². The molecule has 0 radical (unpaired) electrons. The Morgan fingerprint density at radius 3 is 2.62 bits per heavy atom. The summed E-state index contributed by atoms with van der Waals surface area (Å²) in [6.07, 6.45) is 0. The average Bonchev–Trinajstić information content (AvgIpc) is 2.51. The van der Waals surface area contributed by atoms with Crippen LogP contribution in [-0.2, 0) is 0 Å². The maximum Gasteiger partial charge on any atom is 0.341 e. The molecule has 2 aromatic heterocycles. The fourth-order valence-electron chi connectivity index (χ4n) is 1.51. The number of fused-ring (bicyclic) bond motifs is 1. The Labute approximate surface area is 89.0 Å². The van der Waals surface area contributed by atoms with Crippen LogP contribution >= 0.6 is 0 Å². The third kappa shape index (κ3) is 1.18. The quantitative estimate of drug-likeness (QED) is 0.632. The normalized spacial score (nSPS) is 10.9. The monoisotopic (exact) mass is 223 g/mol. The molecule has 0 fully saturated rings. The number of aromatic nitrogens is 3. The first-order valence-corrected chi connectivity index (χ1v) is 4.48. The highest BCUT2D eigenvalue weighted by molar-refractivity contribution is 5.95. The lowest BCUT2D eigenvalue weighted by atomic mass is 10.2. The minimum atomic E-state index is -1.20. The molecule has 7 nitrogen and oxygen atoms in total. The Morgan fingerprint density at radius 1 is 1.44 bits per heavy atom. The molecule has 2 aromatic rings. The molecule has 0 aliphatic rings. The van der Waals surface area contributed by atoms with E-state index in [9.17, 15) is 14.7 Å². The Bertz CT molecular complexity index is 653. The van der Waals surface area contributed by atoms with Gasteiger partial charge in [-0.05, 0) is 13.8 Å². The van der Waals surface area contributed by atoms with Gasteiger partial charge in [0.15, 0.2) is 5.65 Å². The molecule has 0 amide bonds. The standard InChI is InChI=1S/C9H9N3O4/c1-3-7(13)10-6-5(9(15)16)4(2)11-12(6)8(3)14/h14H,1-2H3,(H,10,13)(H,15,16). The van der Waals surface area contributed by atoms with Crippen molar-refractivity contribution in [1.82, 2.24) is 14.6 Å². The molecule has 0 bridgehead atoms. The zero-order valence-electron chi connectivity index (χ0n) is 8.61. The molecule has 84 valence electrons. The predicted octanol–water partition coefficient (Wildman–Crippen LogP) is 0.0432. The maximum absolute atomic E-state index is 11.4. The lowest BCUT2D eigenvalue weighted by Crippen LogP contribution is -2.13. The lowest BCUT2D eigenvalue weighted by molar-refractivity contribution is 0.0698. The van der Waals surface area contributed by atoms with Gasteiger partial charge >= 0.3 is 5.97 Å². The number of nitrogens with zero attached hydrogens (tertiary/aromatic N) is 2. The number of aromatic hydroxyl groups is 1. The summed E-state index contributed by atoms with van der Waals surface area (Å²) in [7, 11) is 0. The van der Waals surface area contributed by atoms with E-state index < -0.39 is 11.5 Å². The Morgan fingerprint density at radius 2 is 2.06 bits per heavy atom. The van der Waals surface area contributed by atoms with Gasteiger partial charge in [-0.15, -0.1) is 0 Å². The largest absolute Gasteiger partial charge is 0.493 e. The number of carboxylic acids is 1. The van der Waals surface area contributed by atoms with E-state index in [1.54, 1.807) is 0 Å². The zero-order valence-corrected chi connectivity index (χ0v) is 8.61. The van der Waals surface area contributed by atoms with Crippen molar-refractivity contribution in [2.45, 2.75) is 13.8 Å². The summed E-state index contributed by atoms with van der Waals surface area (Å²) in [5.41, 5.74) is -0.353. The van der Waals surface area contributed by atoms with Crippen molar-refractivity contribution in [3.8, 4) is 5.88 Å². The first kappa shape index (κ1) is 10.2. The highest BCUT2D eigenvalue weighted by Gasteiger charge is 2.20. The highest BCUT2D eigenvalue weighted by atomic mass is 16.4. The molecule has 0 aliphatic carbocycles. The first-order valence-electron chi connectivity index (χ1n) is 4.48.